The van der Waals surface area contributed by atoms with Gasteiger partial charge in [0.2, 0.25) is 0 Å². The van der Waals surface area contributed by atoms with Gasteiger partial charge < -0.3 is 10.1 Å². The van der Waals surface area contributed by atoms with Crippen LogP contribution in [0.1, 0.15) is 33.1 Å². The summed E-state index contributed by atoms with van der Waals surface area (Å²) in [5, 5.41) is 3.05. The minimum atomic E-state index is -4.01. The fourth-order valence-corrected chi connectivity index (χ4v) is 1.16. The molecule has 0 heterocycles. The predicted octanol–water partition coefficient (Wildman–Crippen LogP) is 2.98. The topological polar surface area (TPSA) is 21.3 Å². The molecule has 0 aromatic rings. The average molecular weight is 241 g/mol. The zero-order valence-corrected chi connectivity index (χ0v) is 10.1. The van der Waals surface area contributed by atoms with Gasteiger partial charge in [-0.05, 0) is 25.3 Å². The van der Waals surface area contributed by atoms with Crippen LogP contribution in [0, 0.1) is 5.92 Å². The third-order valence-electron chi connectivity index (χ3n) is 1.94. The molecule has 0 fully saturated rings. The highest BCUT2D eigenvalue weighted by atomic mass is 19.4. The summed E-state index contributed by atoms with van der Waals surface area (Å²) in [6.07, 6.45) is -3.94. The number of ether oxygens (including phenoxy) is 1. The Bertz CT molecular complexity index is 160. The maximum atomic E-state index is 11.8. The van der Waals surface area contributed by atoms with Gasteiger partial charge in [0, 0.05) is 19.6 Å². The molecule has 0 bridgehead atoms. The van der Waals surface area contributed by atoms with Crippen molar-refractivity contribution in [1.82, 2.24) is 5.32 Å². The number of unbranched alkanes of at least 4 members (excludes halogenated alkanes) is 1. The zero-order chi connectivity index (χ0) is 12.4. The van der Waals surface area contributed by atoms with Gasteiger partial charge in [0.1, 0.15) is 0 Å². The van der Waals surface area contributed by atoms with Crippen LogP contribution < -0.4 is 5.32 Å². The molecule has 0 unspecified atom stereocenters. The molecule has 16 heavy (non-hydrogen) atoms. The van der Waals surface area contributed by atoms with Crippen molar-refractivity contribution in [3.8, 4) is 0 Å². The third kappa shape index (κ3) is 13.7. The summed E-state index contributed by atoms with van der Waals surface area (Å²) in [7, 11) is 0. The fraction of sp³-hybridized carbons (Fsp3) is 1.00. The summed E-state index contributed by atoms with van der Waals surface area (Å²) in [6.45, 7) is 6.84. The molecule has 2 nitrogen and oxygen atoms in total. The number of halogens is 3. The lowest BCUT2D eigenvalue weighted by atomic mass is 10.2. The van der Waals surface area contributed by atoms with E-state index < -0.39 is 12.6 Å². The molecular weight excluding hydrogens is 219 g/mol. The Labute approximate surface area is 95.5 Å². The monoisotopic (exact) mass is 241 g/mol. The Hall–Kier alpha value is -0.290. The predicted molar refractivity (Wildman–Crippen MR) is 58.4 cm³/mol. The molecule has 5 heteroatoms. The standard InChI is InChI=1S/C11H22F3NO/c1-10(2)9-16-8-7-15-6-4-3-5-11(12,13)14/h10,15H,3-9H2,1-2H3. The maximum absolute atomic E-state index is 11.8. The van der Waals surface area contributed by atoms with Gasteiger partial charge in [-0.1, -0.05) is 13.8 Å². The van der Waals surface area contributed by atoms with Crippen LogP contribution in [0.15, 0.2) is 0 Å². The maximum Gasteiger partial charge on any atom is 0.389 e. The van der Waals surface area contributed by atoms with Gasteiger partial charge in [-0.15, -0.1) is 0 Å². The number of rotatable bonds is 9. The molecule has 0 aromatic heterocycles. The van der Waals surface area contributed by atoms with Gasteiger partial charge in [0.05, 0.1) is 6.61 Å². The number of hydrogen-bond acceptors (Lipinski definition) is 2. The average Bonchev–Trinajstić information content (AvgIpc) is 2.13. The number of alkyl halides is 3. The van der Waals surface area contributed by atoms with Crippen molar-refractivity contribution in [3.63, 3.8) is 0 Å². The van der Waals surface area contributed by atoms with Gasteiger partial charge in [-0.3, -0.25) is 0 Å². The number of hydrogen-bond donors (Lipinski definition) is 1. The van der Waals surface area contributed by atoms with E-state index in [9.17, 15) is 13.2 Å². The van der Waals surface area contributed by atoms with Crippen LogP contribution in [-0.4, -0.2) is 32.5 Å². The summed E-state index contributed by atoms with van der Waals surface area (Å²) in [6, 6.07) is 0. The lowest BCUT2D eigenvalue weighted by Gasteiger charge is -2.08. The Morgan fingerprint density at radius 3 is 2.38 bits per heavy atom. The second kappa shape index (κ2) is 8.82. The van der Waals surface area contributed by atoms with Gasteiger partial charge >= 0.3 is 6.18 Å². The Morgan fingerprint density at radius 2 is 1.81 bits per heavy atom. The van der Waals surface area contributed by atoms with Crippen LogP contribution in [-0.2, 0) is 4.74 Å². The SMILES string of the molecule is CC(C)COCCNCCCCC(F)(F)F. The fourth-order valence-electron chi connectivity index (χ4n) is 1.16. The van der Waals surface area contributed by atoms with E-state index in [1.165, 1.54) is 0 Å². The van der Waals surface area contributed by atoms with Crippen molar-refractivity contribution in [2.45, 2.75) is 39.3 Å². The van der Waals surface area contributed by atoms with Crippen molar-refractivity contribution >= 4 is 0 Å². The van der Waals surface area contributed by atoms with E-state index in [-0.39, 0.29) is 6.42 Å². The van der Waals surface area contributed by atoms with Crippen molar-refractivity contribution in [2.75, 3.05) is 26.3 Å². The molecule has 0 aliphatic heterocycles. The summed E-state index contributed by atoms with van der Waals surface area (Å²) in [4.78, 5) is 0. The normalized spacial score (nSPS) is 12.4. The smallest absolute Gasteiger partial charge is 0.380 e. The van der Waals surface area contributed by atoms with E-state index in [4.69, 9.17) is 4.74 Å². The highest BCUT2D eigenvalue weighted by Crippen LogP contribution is 2.21. The first kappa shape index (κ1) is 15.7. The molecule has 1 N–H and O–H groups in total. The molecular formula is C11H22F3NO. The molecule has 0 saturated heterocycles. The van der Waals surface area contributed by atoms with Crippen molar-refractivity contribution in [2.24, 2.45) is 5.92 Å². The summed E-state index contributed by atoms with van der Waals surface area (Å²) in [5.41, 5.74) is 0. The van der Waals surface area contributed by atoms with Crippen molar-refractivity contribution in [1.29, 1.82) is 0 Å². The first-order chi connectivity index (χ1) is 7.42. The lowest BCUT2D eigenvalue weighted by Crippen LogP contribution is -2.22. The Kier molecular flexibility index (Phi) is 8.66. The highest BCUT2D eigenvalue weighted by molar-refractivity contribution is 4.53. The molecule has 0 aromatic carbocycles. The lowest BCUT2D eigenvalue weighted by molar-refractivity contribution is -0.135. The second-order valence-electron chi connectivity index (χ2n) is 4.29. The quantitative estimate of drug-likeness (QED) is 0.627. The molecule has 0 amide bonds. The van der Waals surface area contributed by atoms with Gasteiger partial charge in [0.15, 0.2) is 0 Å². The van der Waals surface area contributed by atoms with Crippen LogP contribution >= 0.6 is 0 Å². The first-order valence-corrected chi connectivity index (χ1v) is 5.77. The second-order valence-corrected chi connectivity index (χ2v) is 4.29. The molecule has 0 rings (SSSR count). The molecule has 0 aliphatic rings. The Morgan fingerprint density at radius 1 is 1.12 bits per heavy atom. The van der Waals surface area contributed by atoms with Gasteiger partial charge in [0.25, 0.3) is 0 Å². The Balaban J connectivity index is 3.05. The van der Waals surface area contributed by atoms with Crippen LogP contribution in [0.25, 0.3) is 0 Å². The first-order valence-electron chi connectivity index (χ1n) is 5.77. The minimum Gasteiger partial charge on any atom is -0.380 e. The molecule has 0 radical (unpaired) electrons. The van der Waals surface area contributed by atoms with E-state index in [2.05, 4.69) is 19.2 Å². The van der Waals surface area contributed by atoms with Crippen molar-refractivity contribution in [3.05, 3.63) is 0 Å². The summed E-state index contributed by atoms with van der Waals surface area (Å²) in [5.74, 6) is 0.520. The van der Waals surface area contributed by atoms with E-state index in [1.807, 2.05) is 0 Å². The largest absolute Gasteiger partial charge is 0.389 e. The van der Waals surface area contributed by atoms with Crippen molar-refractivity contribution < 1.29 is 17.9 Å². The molecule has 98 valence electrons. The minimum absolute atomic E-state index is 0.198. The summed E-state index contributed by atoms with van der Waals surface area (Å²) < 4.78 is 40.6. The van der Waals surface area contributed by atoms with Crippen LogP contribution in [0.4, 0.5) is 13.2 Å². The van der Waals surface area contributed by atoms with Crippen LogP contribution in [0.2, 0.25) is 0 Å². The van der Waals surface area contributed by atoms with E-state index in [0.717, 1.165) is 6.61 Å². The molecule has 0 spiro atoms. The number of nitrogens with one attached hydrogen (secondary N) is 1. The molecule has 0 aliphatic carbocycles. The van der Waals surface area contributed by atoms with Gasteiger partial charge in [-0.2, -0.15) is 13.2 Å². The van der Waals surface area contributed by atoms with Crippen LogP contribution in [0.5, 0.6) is 0 Å². The van der Waals surface area contributed by atoms with E-state index in [0.29, 0.717) is 32.0 Å². The third-order valence-corrected chi connectivity index (χ3v) is 1.94. The molecule has 0 atom stereocenters. The van der Waals surface area contributed by atoms with Crippen LogP contribution in [0.3, 0.4) is 0 Å². The van der Waals surface area contributed by atoms with E-state index in [1.54, 1.807) is 0 Å². The highest BCUT2D eigenvalue weighted by Gasteiger charge is 2.25. The molecule has 0 saturated carbocycles. The van der Waals surface area contributed by atoms with E-state index >= 15 is 0 Å². The zero-order valence-electron chi connectivity index (χ0n) is 10.1. The summed E-state index contributed by atoms with van der Waals surface area (Å²) >= 11 is 0. The van der Waals surface area contributed by atoms with Gasteiger partial charge in [-0.25, -0.2) is 0 Å².